The molecule has 2 N–H and O–H groups in total. The Morgan fingerprint density at radius 1 is 1.21 bits per heavy atom. The van der Waals surface area contributed by atoms with Crippen LogP contribution in [0.5, 0.6) is 5.75 Å². The van der Waals surface area contributed by atoms with Gasteiger partial charge in [-0.1, -0.05) is 19.9 Å². The molecule has 0 saturated carbocycles. The summed E-state index contributed by atoms with van der Waals surface area (Å²) >= 11 is 1.85. The van der Waals surface area contributed by atoms with Crippen LogP contribution in [0.3, 0.4) is 0 Å². The molecule has 6 nitrogen and oxygen atoms in total. The highest BCUT2D eigenvalue weighted by Gasteiger charge is 2.29. The Balaban J connectivity index is 1.68. The average Bonchev–Trinajstić information content (AvgIpc) is 3.44. The number of nitrogens with zero attached hydrogens (tertiary/aromatic N) is 2. The first-order valence-electron chi connectivity index (χ1n) is 12.0. The highest BCUT2D eigenvalue weighted by atomic mass is 32.1. The van der Waals surface area contributed by atoms with Gasteiger partial charge in [-0.25, -0.2) is 4.79 Å². The monoisotopic (exact) mass is 480 g/mol. The van der Waals surface area contributed by atoms with Crippen molar-refractivity contribution in [2.24, 2.45) is 5.92 Å². The van der Waals surface area contributed by atoms with Gasteiger partial charge in [-0.3, -0.25) is 0 Å². The van der Waals surface area contributed by atoms with Crippen molar-refractivity contribution >= 4 is 23.1 Å². The van der Waals surface area contributed by atoms with E-state index < -0.39 is 0 Å². The maximum atomic E-state index is 13.3. The molecular weight excluding hydrogens is 444 g/mol. The number of anilines is 1. The first-order valence-corrected chi connectivity index (χ1v) is 12.9. The first-order chi connectivity index (χ1) is 16.4. The summed E-state index contributed by atoms with van der Waals surface area (Å²) in [4.78, 5) is 17.0. The summed E-state index contributed by atoms with van der Waals surface area (Å²) in [5.74, 6) is 1.21. The van der Waals surface area contributed by atoms with Gasteiger partial charge in [0.2, 0.25) is 0 Å². The summed E-state index contributed by atoms with van der Waals surface area (Å²) in [7, 11) is 3.80. The molecule has 0 radical (unpaired) electrons. The summed E-state index contributed by atoms with van der Waals surface area (Å²) in [6.07, 6.45) is 7.13. The fourth-order valence-electron chi connectivity index (χ4n) is 4.59. The van der Waals surface area contributed by atoms with E-state index >= 15 is 0 Å². The molecule has 3 heterocycles. The Morgan fingerprint density at radius 3 is 2.68 bits per heavy atom. The number of urea groups is 1. The summed E-state index contributed by atoms with van der Waals surface area (Å²) in [5.41, 5.74) is 4.44. The first kappa shape index (κ1) is 24.4. The second-order valence-corrected chi connectivity index (χ2v) is 10.7. The van der Waals surface area contributed by atoms with E-state index in [4.69, 9.17) is 4.74 Å². The molecule has 1 aromatic carbocycles. The van der Waals surface area contributed by atoms with Gasteiger partial charge in [0.05, 0.1) is 18.8 Å². The lowest BCUT2D eigenvalue weighted by molar-refractivity contribution is 0.247. The molecule has 1 aliphatic heterocycles. The molecule has 1 aliphatic rings. The lowest BCUT2D eigenvalue weighted by Crippen LogP contribution is -2.34. The number of hydrogen-bond donors (Lipinski definition) is 2. The van der Waals surface area contributed by atoms with Crippen LogP contribution in [0.1, 0.15) is 54.3 Å². The van der Waals surface area contributed by atoms with Crippen LogP contribution in [0.25, 0.3) is 5.00 Å². The van der Waals surface area contributed by atoms with E-state index in [1.165, 1.54) is 21.0 Å². The van der Waals surface area contributed by atoms with E-state index in [1.54, 1.807) is 7.11 Å². The molecule has 1 unspecified atom stereocenters. The number of benzene rings is 1. The number of carbonyl (C=O) groups excluding carboxylic acids is 1. The Bertz CT molecular complexity index is 1120. The quantitative estimate of drug-likeness (QED) is 0.407. The van der Waals surface area contributed by atoms with Crippen LogP contribution in [0, 0.1) is 12.8 Å². The van der Waals surface area contributed by atoms with Crippen molar-refractivity contribution in [3.8, 4) is 10.8 Å². The number of hydrogen-bond acceptors (Lipinski definition) is 4. The SMILES string of the molecule is COc1ccc(C)cc1NC(=O)NC(CCC(C)C)c1c(-n2cccc2)sc2c1CCN(C)C2. The molecule has 2 aromatic heterocycles. The number of fused-ring (bicyclic) bond motifs is 1. The standard InChI is InChI=1S/C27H36N4O2S/c1-18(2)8-10-21(28-27(32)29-22-16-19(3)9-11-23(22)33-5)25-20-12-15-30(4)17-24(20)34-26(25)31-13-6-7-14-31/h6-7,9,11,13-14,16,18,21H,8,10,12,15,17H2,1-5H3,(H2,28,29,32). The lowest BCUT2D eigenvalue weighted by Gasteiger charge is -2.26. The van der Waals surface area contributed by atoms with E-state index in [9.17, 15) is 4.79 Å². The topological polar surface area (TPSA) is 58.5 Å². The number of aromatic nitrogens is 1. The van der Waals surface area contributed by atoms with Gasteiger partial charge in [0, 0.05) is 35.9 Å². The Labute approximate surface area is 206 Å². The fraction of sp³-hybridized carbons (Fsp3) is 0.444. The molecule has 0 aliphatic carbocycles. The maximum absolute atomic E-state index is 13.3. The van der Waals surface area contributed by atoms with Gasteiger partial charge in [-0.15, -0.1) is 11.3 Å². The third-order valence-corrected chi connectivity index (χ3v) is 7.64. The molecule has 2 amide bonds. The van der Waals surface area contributed by atoms with E-state index in [2.05, 4.69) is 65.5 Å². The van der Waals surface area contributed by atoms with Crippen LogP contribution >= 0.6 is 11.3 Å². The van der Waals surface area contributed by atoms with Crippen molar-refractivity contribution in [3.05, 3.63) is 64.3 Å². The summed E-state index contributed by atoms with van der Waals surface area (Å²) < 4.78 is 7.66. The van der Waals surface area contributed by atoms with Crippen molar-refractivity contribution in [1.29, 1.82) is 0 Å². The zero-order valence-corrected chi connectivity index (χ0v) is 21.7. The minimum Gasteiger partial charge on any atom is -0.495 e. The van der Waals surface area contributed by atoms with Crippen molar-refractivity contribution in [3.63, 3.8) is 0 Å². The third-order valence-electron chi connectivity index (χ3n) is 6.40. The Morgan fingerprint density at radius 2 is 1.97 bits per heavy atom. The van der Waals surface area contributed by atoms with Crippen molar-refractivity contribution in [1.82, 2.24) is 14.8 Å². The highest BCUT2D eigenvalue weighted by molar-refractivity contribution is 7.15. The summed E-state index contributed by atoms with van der Waals surface area (Å²) in [5, 5.41) is 7.58. The molecule has 0 bridgehead atoms. The van der Waals surface area contributed by atoms with Gasteiger partial charge in [0.25, 0.3) is 0 Å². The number of carbonyl (C=O) groups is 1. The van der Waals surface area contributed by atoms with Crippen LogP contribution in [0.2, 0.25) is 0 Å². The number of amides is 2. The van der Waals surface area contributed by atoms with Gasteiger partial charge >= 0.3 is 6.03 Å². The molecule has 0 fully saturated rings. The van der Waals surface area contributed by atoms with E-state index in [-0.39, 0.29) is 12.1 Å². The molecule has 0 saturated heterocycles. The molecule has 7 heteroatoms. The molecule has 0 spiro atoms. The zero-order chi connectivity index (χ0) is 24.2. The predicted octanol–water partition coefficient (Wildman–Crippen LogP) is 6.14. The van der Waals surface area contributed by atoms with Gasteiger partial charge in [-0.2, -0.15) is 0 Å². The smallest absolute Gasteiger partial charge is 0.319 e. The molecule has 4 rings (SSSR count). The largest absolute Gasteiger partial charge is 0.495 e. The lowest BCUT2D eigenvalue weighted by atomic mass is 9.92. The van der Waals surface area contributed by atoms with Crippen molar-refractivity contribution < 1.29 is 9.53 Å². The normalized spacial score (nSPS) is 14.6. The highest BCUT2D eigenvalue weighted by Crippen LogP contribution is 2.41. The van der Waals surface area contributed by atoms with E-state index in [0.717, 1.165) is 37.9 Å². The zero-order valence-electron chi connectivity index (χ0n) is 20.9. The maximum Gasteiger partial charge on any atom is 0.319 e. The van der Waals surface area contributed by atoms with Crippen LogP contribution in [0.15, 0.2) is 42.7 Å². The van der Waals surface area contributed by atoms with Gasteiger partial charge < -0.3 is 24.8 Å². The number of thiophene rings is 1. The molecular formula is C27H36N4O2S. The van der Waals surface area contributed by atoms with Gasteiger partial charge in [-0.05, 0) is 74.5 Å². The van der Waals surface area contributed by atoms with Crippen LogP contribution in [0.4, 0.5) is 10.5 Å². The fourth-order valence-corrected chi connectivity index (χ4v) is 6.04. The van der Waals surface area contributed by atoms with Gasteiger partial charge in [0.15, 0.2) is 0 Å². The van der Waals surface area contributed by atoms with Gasteiger partial charge in [0.1, 0.15) is 10.8 Å². The summed E-state index contributed by atoms with van der Waals surface area (Å²) in [6.45, 7) is 8.47. The Kier molecular flexibility index (Phi) is 7.63. The van der Waals surface area contributed by atoms with E-state index in [0.29, 0.717) is 17.4 Å². The average molecular weight is 481 g/mol. The minimum absolute atomic E-state index is 0.0704. The Hall–Kier alpha value is -2.77. The minimum atomic E-state index is -0.205. The molecule has 182 valence electrons. The second-order valence-electron chi connectivity index (χ2n) is 9.63. The van der Waals surface area contributed by atoms with Crippen LogP contribution in [-0.2, 0) is 13.0 Å². The predicted molar refractivity (Wildman–Crippen MR) is 140 cm³/mol. The number of likely N-dealkylation sites (N-methyl/N-ethyl adjacent to an activating group) is 1. The number of rotatable bonds is 8. The number of nitrogens with one attached hydrogen (secondary N) is 2. The second kappa shape index (κ2) is 10.7. The summed E-state index contributed by atoms with van der Waals surface area (Å²) in [6, 6.07) is 9.64. The molecule has 1 atom stereocenters. The van der Waals surface area contributed by atoms with Crippen molar-refractivity contribution in [2.75, 3.05) is 26.0 Å². The number of aryl methyl sites for hydroxylation is 1. The molecule has 34 heavy (non-hydrogen) atoms. The van der Waals surface area contributed by atoms with Crippen molar-refractivity contribution in [2.45, 2.75) is 52.6 Å². The number of ether oxygens (including phenoxy) is 1. The van der Waals surface area contributed by atoms with E-state index in [1.807, 2.05) is 36.5 Å². The number of methoxy groups -OCH3 is 1. The molecule has 3 aromatic rings. The van der Waals surface area contributed by atoms with Crippen LogP contribution in [-0.4, -0.2) is 36.2 Å². The third kappa shape index (κ3) is 5.47. The van der Waals surface area contributed by atoms with Crippen LogP contribution < -0.4 is 15.4 Å².